The second-order valence-corrected chi connectivity index (χ2v) is 3.86. The van der Waals surface area contributed by atoms with Crippen molar-refractivity contribution in [2.24, 2.45) is 0 Å². The predicted octanol–water partition coefficient (Wildman–Crippen LogP) is 1.54. The molecule has 1 aromatic rings. The molecule has 0 aliphatic rings. The van der Waals surface area contributed by atoms with Gasteiger partial charge in [0.1, 0.15) is 5.75 Å². The van der Waals surface area contributed by atoms with Gasteiger partial charge in [0.25, 0.3) is 0 Å². The number of benzene rings is 1. The number of likely N-dealkylation sites (N-methyl/N-ethyl adjacent to an activating group) is 1. The molecule has 5 heteroatoms. The Hall–Kier alpha value is -1.75. The molecule has 0 heterocycles. The number of urea groups is 1. The topological polar surface area (TPSA) is 61.8 Å². The van der Waals surface area contributed by atoms with Crippen LogP contribution in [0.25, 0.3) is 0 Å². The normalized spacial score (nSPS) is 11.8. The van der Waals surface area contributed by atoms with Gasteiger partial charge in [0, 0.05) is 13.6 Å². The number of carbonyl (C=O) groups is 1. The van der Waals surface area contributed by atoms with E-state index < -0.39 is 6.10 Å². The molecule has 1 aromatic carbocycles. The molecule has 0 aliphatic heterocycles. The molecule has 0 bridgehead atoms. The Kier molecular flexibility index (Phi) is 4.78. The van der Waals surface area contributed by atoms with Crippen LogP contribution in [0.4, 0.5) is 10.5 Å². The summed E-state index contributed by atoms with van der Waals surface area (Å²) in [5.74, 6) is 0.603. The average molecular weight is 238 g/mol. The first-order valence-electron chi connectivity index (χ1n) is 5.37. The van der Waals surface area contributed by atoms with Crippen LogP contribution in [0.5, 0.6) is 5.75 Å². The van der Waals surface area contributed by atoms with Crippen LogP contribution in [0.3, 0.4) is 0 Å². The number of amides is 2. The molecular weight excluding hydrogens is 220 g/mol. The lowest BCUT2D eigenvalue weighted by atomic mass is 10.3. The monoisotopic (exact) mass is 238 g/mol. The van der Waals surface area contributed by atoms with Gasteiger partial charge in [-0.15, -0.1) is 0 Å². The highest BCUT2D eigenvalue weighted by atomic mass is 16.5. The van der Waals surface area contributed by atoms with E-state index in [1.54, 1.807) is 33.2 Å². The second-order valence-electron chi connectivity index (χ2n) is 3.86. The van der Waals surface area contributed by atoms with Crippen LogP contribution in [0.15, 0.2) is 24.3 Å². The molecule has 0 aliphatic carbocycles. The third-order valence-corrected chi connectivity index (χ3v) is 2.23. The van der Waals surface area contributed by atoms with Gasteiger partial charge < -0.3 is 20.1 Å². The van der Waals surface area contributed by atoms with Crippen molar-refractivity contribution in [3.63, 3.8) is 0 Å². The van der Waals surface area contributed by atoms with E-state index in [0.29, 0.717) is 11.4 Å². The summed E-state index contributed by atoms with van der Waals surface area (Å²) in [6.07, 6.45) is -0.552. The maximum Gasteiger partial charge on any atom is 0.321 e. The predicted molar refractivity (Wildman–Crippen MR) is 66.3 cm³/mol. The highest BCUT2D eigenvalue weighted by Gasteiger charge is 2.12. The first-order valence-corrected chi connectivity index (χ1v) is 5.37. The third kappa shape index (κ3) is 3.96. The molecule has 1 unspecified atom stereocenters. The largest absolute Gasteiger partial charge is 0.495 e. The number of para-hydroxylation sites is 2. The number of hydrogen-bond donors (Lipinski definition) is 2. The van der Waals surface area contributed by atoms with Gasteiger partial charge in [-0.2, -0.15) is 0 Å². The summed E-state index contributed by atoms with van der Waals surface area (Å²) in [7, 11) is 3.17. The van der Waals surface area contributed by atoms with E-state index in [0.717, 1.165) is 0 Å². The number of hydrogen-bond acceptors (Lipinski definition) is 3. The maximum atomic E-state index is 11.8. The fraction of sp³-hybridized carbons (Fsp3) is 0.417. The Balaban J connectivity index is 2.67. The van der Waals surface area contributed by atoms with Gasteiger partial charge in [-0.25, -0.2) is 4.79 Å². The highest BCUT2D eigenvalue weighted by Crippen LogP contribution is 2.23. The zero-order chi connectivity index (χ0) is 12.8. The average Bonchev–Trinajstić information content (AvgIpc) is 2.28. The van der Waals surface area contributed by atoms with Crippen molar-refractivity contribution in [1.29, 1.82) is 0 Å². The Bertz CT molecular complexity index is 380. The van der Waals surface area contributed by atoms with E-state index in [4.69, 9.17) is 4.74 Å². The van der Waals surface area contributed by atoms with Gasteiger partial charge in [0.15, 0.2) is 0 Å². The van der Waals surface area contributed by atoms with E-state index in [-0.39, 0.29) is 12.6 Å². The molecular formula is C12H18N2O3. The minimum absolute atomic E-state index is 0.279. The molecule has 2 amide bonds. The number of rotatable bonds is 4. The second kappa shape index (κ2) is 6.10. The SMILES string of the molecule is COc1ccccc1NC(=O)N(C)CC(C)O. The first kappa shape index (κ1) is 13.3. The van der Waals surface area contributed by atoms with Crippen molar-refractivity contribution >= 4 is 11.7 Å². The standard InChI is InChI=1S/C12H18N2O3/c1-9(15)8-14(2)12(16)13-10-6-4-5-7-11(10)17-3/h4-7,9,15H,8H2,1-3H3,(H,13,16). The molecule has 5 nitrogen and oxygen atoms in total. The first-order chi connectivity index (χ1) is 8.04. The number of aliphatic hydroxyl groups excluding tert-OH is 1. The number of methoxy groups -OCH3 is 1. The maximum absolute atomic E-state index is 11.8. The lowest BCUT2D eigenvalue weighted by molar-refractivity contribution is 0.149. The van der Waals surface area contributed by atoms with Gasteiger partial charge >= 0.3 is 6.03 Å². The molecule has 1 atom stereocenters. The molecule has 17 heavy (non-hydrogen) atoms. The quantitative estimate of drug-likeness (QED) is 0.836. The molecule has 0 saturated carbocycles. The molecule has 94 valence electrons. The van der Waals surface area contributed by atoms with Crippen molar-refractivity contribution in [1.82, 2.24) is 4.90 Å². The molecule has 0 aromatic heterocycles. The number of anilines is 1. The summed E-state index contributed by atoms with van der Waals surface area (Å²) in [4.78, 5) is 13.2. The van der Waals surface area contributed by atoms with Crippen LogP contribution in [0.2, 0.25) is 0 Å². The summed E-state index contributed by atoms with van der Waals surface area (Å²) in [6.45, 7) is 1.91. The van der Waals surface area contributed by atoms with Crippen molar-refractivity contribution in [3.05, 3.63) is 24.3 Å². The lowest BCUT2D eigenvalue weighted by Crippen LogP contribution is -2.36. The molecule has 1 rings (SSSR count). The molecule has 0 radical (unpaired) electrons. The Labute approximate surface area is 101 Å². The van der Waals surface area contributed by atoms with Gasteiger partial charge in [-0.1, -0.05) is 12.1 Å². The van der Waals surface area contributed by atoms with E-state index in [9.17, 15) is 9.90 Å². The summed E-state index contributed by atoms with van der Waals surface area (Å²) in [5.41, 5.74) is 0.609. The van der Waals surface area contributed by atoms with E-state index in [1.807, 2.05) is 12.1 Å². The minimum atomic E-state index is -0.552. The number of carbonyl (C=O) groups excluding carboxylic acids is 1. The van der Waals surface area contributed by atoms with Gasteiger partial charge in [0.05, 0.1) is 18.9 Å². The Morgan fingerprint density at radius 2 is 2.18 bits per heavy atom. The number of ether oxygens (including phenoxy) is 1. The zero-order valence-electron chi connectivity index (χ0n) is 10.3. The molecule has 2 N–H and O–H groups in total. The lowest BCUT2D eigenvalue weighted by Gasteiger charge is -2.20. The summed E-state index contributed by atoms with van der Waals surface area (Å²) in [6, 6.07) is 6.88. The number of nitrogens with one attached hydrogen (secondary N) is 1. The molecule has 0 fully saturated rings. The number of nitrogens with zero attached hydrogens (tertiary/aromatic N) is 1. The smallest absolute Gasteiger partial charge is 0.321 e. The van der Waals surface area contributed by atoms with Crippen LogP contribution in [-0.2, 0) is 0 Å². The van der Waals surface area contributed by atoms with Crippen LogP contribution in [0.1, 0.15) is 6.92 Å². The molecule has 0 saturated heterocycles. The van der Waals surface area contributed by atoms with Crippen molar-refractivity contribution in [3.8, 4) is 5.75 Å². The fourth-order valence-corrected chi connectivity index (χ4v) is 1.44. The van der Waals surface area contributed by atoms with Crippen molar-refractivity contribution < 1.29 is 14.6 Å². The Morgan fingerprint density at radius 1 is 1.53 bits per heavy atom. The van der Waals surface area contributed by atoms with Gasteiger partial charge in [0.2, 0.25) is 0 Å². The van der Waals surface area contributed by atoms with E-state index >= 15 is 0 Å². The van der Waals surface area contributed by atoms with E-state index in [2.05, 4.69) is 5.32 Å². The zero-order valence-corrected chi connectivity index (χ0v) is 10.3. The number of aliphatic hydroxyl groups is 1. The van der Waals surface area contributed by atoms with Crippen LogP contribution in [-0.4, -0.2) is 42.8 Å². The minimum Gasteiger partial charge on any atom is -0.495 e. The summed E-state index contributed by atoms with van der Waals surface area (Å²) >= 11 is 0. The van der Waals surface area contributed by atoms with Crippen molar-refractivity contribution in [2.45, 2.75) is 13.0 Å². The fourth-order valence-electron chi connectivity index (χ4n) is 1.44. The van der Waals surface area contributed by atoms with Crippen LogP contribution in [0, 0.1) is 0 Å². The van der Waals surface area contributed by atoms with E-state index in [1.165, 1.54) is 4.90 Å². The van der Waals surface area contributed by atoms with Crippen molar-refractivity contribution in [2.75, 3.05) is 26.0 Å². The van der Waals surface area contributed by atoms with Gasteiger partial charge in [-0.3, -0.25) is 0 Å². The summed E-state index contributed by atoms with van der Waals surface area (Å²) < 4.78 is 5.12. The molecule has 0 spiro atoms. The summed E-state index contributed by atoms with van der Waals surface area (Å²) in [5, 5.41) is 11.9. The third-order valence-electron chi connectivity index (χ3n) is 2.23. The highest BCUT2D eigenvalue weighted by molar-refractivity contribution is 5.90. The Morgan fingerprint density at radius 3 is 2.76 bits per heavy atom. The van der Waals surface area contributed by atoms with Gasteiger partial charge in [-0.05, 0) is 19.1 Å². The van der Waals surface area contributed by atoms with Crippen LogP contribution >= 0.6 is 0 Å². The van der Waals surface area contributed by atoms with Crippen LogP contribution < -0.4 is 10.1 Å².